The van der Waals surface area contributed by atoms with Crippen LogP contribution in [0, 0.1) is 5.82 Å². The number of benzene rings is 2. The summed E-state index contributed by atoms with van der Waals surface area (Å²) < 4.78 is 25.1. The van der Waals surface area contributed by atoms with Crippen LogP contribution in [0.15, 0.2) is 55.3 Å². The van der Waals surface area contributed by atoms with Crippen LogP contribution < -0.4 is 4.74 Å². The van der Waals surface area contributed by atoms with E-state index in [9.17, 15) is 9.18 Å². The largest absolute Gasteiger partial charge is 0.483 e. The molecule has 0 spiro atoms. The van der Waals surface area contributed by atoms with E-state index in [0.29, 0.717) is 22.9 Å². The lowest BCUT2D eigenvalue weighted by molar-refractivity contribution is 0.109. The average molecular weight is 348 g/mol. The number of halogens is 2. The molecule has 0 radical (unpaired) electrons. The summed E-state index contributed by atoms with van der Waals surface area (Å²) in [6.07, 6.45) is -0.175. The summed E-state index contributed by atoms with van der Waals surface area (Å²) in [6, 6.07) is 11.7. The minimum Gasteiger partial charge on any atom is -0.483 e. The Morgan fingerprint density at radius 2 is 2.17 bits per heavy atom. The number of ether oxygens (including phenoxy) is 2. The maximum atomic E-state index is 14.3. The molecule has 0 aromatic heterocycles. The van der Waals surface area contributed by atoms with E-state index in [1.165, 1.54) is 11.0 Å². The third-order valence-corrected chi connectivity index (χ3v) is 3.98. The quantitative estimate of drug-likeness (QED) is 0.739. The number of carbonyl (C=O) groups is 1. The molecule has 0 saturated carbocycles. The highest BCUT2D eigenvalue weighted by Gasteiger charge is 2.29. The van der Waals surface area contributed by atoms with Crippen LogP contribution in [0.1, 0.15) is 17.2 Å². The zero-order valence-electron chi connectivity index (χ0n) is 12.7. The zero-order valence-corrected chi connectivity index (χ0v) is 13.5. The molecule has 1 atom stereocenters. The number of carbonyl (C=O) groups excluding carboxylic acids is 1. The molecule has 1 amide bonds. The van der Waals surface area contributed by atoms with E-state index >= 15 is 0 Å². The molecule has 1 aliphatic heterocycles. The lowest BCUT2D eigenvalue weighted by Gasteiger charge is -2.23. The van der Waals surface area contributed by atoms with Crippen LogP contribution in [0.5, 0.6) is 5.75 Å². The molecule has 0 aliphatic carbocycles. The van der Waals surface area contributed by atoms with Gasteiger partial charge in [-0.15, -0.1) is 0 Å². The van der Waals surface area contributed by atoms with Crippen LogP contribution in [0.25, 0.3) is 0 Å². The Hall–Kier alpha value is -2.53. The Balaban J connectivity index is 1.99. The SMILES string of the molecule is C=COC(=O)N1Cc2ccccc2OC(c2ccc(Cl)cc2F)C1. The Kier molecular flexibility index (Phi) is 4.71. The summed E-state index contributed by atoms with van der Waals surface area (Å²) in [5, 5.41) is 0.299. The van der Waals surface area contributed by atoms with E-state index in [2.05, 4.69) is 6.58 Å². The fourth-order valence-electron chi connectivity index (χ4n) is 2.62. The van der Waals surface area contributed by atoms with Gasteiger partial charge in [-0.05, 0) is 18.2 Å². The number of amides is 1. The second-order valence-corrected chi connectivity index (χ2v) is 5.75. The predicted molar refractivity (Wildman–Crippen MR) is 88.3 cm³/mol. The molecule has 2 aromatic rings. The molecule has 6 heteroatoms. The van der Waals surface area contributed by atoms with Gasteiger partial charge in [0.25, 0.3) is 0 Å². The maximum absolute atomic E-state index is 14.3. The second kappa shape index (κ2) is 6.93. The Bertz CT molecular complexity index is 781. The molecule has 0 saturated heterocycles. The Morgan fingerprint density at radius 1 is 1.38 bits per heavy atom. The maximum Gasteiger partial charge on any atom is 0.415 e. The number of hydrogen-bond donors (Lipinski definition) is 0. The molecule has 0 fully saturated rings. The molecule has 124 valence electrons. The molecule has 24 heavy (non-hydrogen) atoms. The number of rotatable bonds is 2. The van der Waals surface area contributed by atoms with Crippen molar-refractivity contribution in [3.05, 3.63) is 77.3 Å². The number of fused-ring (bicyclic) bond motifs is 1. The summed E-state index contributed by atoms with van der Waals surface area (Å²) in [4.78, 5) is 13.6. The van der Waals surface area contributed by atoms with Gasteiger partial charge < -0.3 is 9.47 Å². The van der Waals surface area contributed by atoms with Gasteiger partial charge in [-0.2, -0.15) is 0 Å². The fraction of sp³-hybridized carbons (Fsp3) is 0.167. The Morgan fingerprint density at radius 3 is 2.92 bits per heavy atom. The zero-order chi connectivity index (χ0) is 17.1. The van der Waals surface area contributed by atoms with Crippen molar-refractivity contribution in [1.29, 1.82) is 0 Å². The topological polar surface area (TPSA) is 38.8 Å². The monoisotopic (exact) mass is 347 g/mol. The van der Waals surface area contributed by atoms with Crippen molar-refractivity contribution in [1.82, 2.24) is 4.90 Å². The van der Waals surface area contributed by atoms with Crippen molar-refractivity contribution in [2.45, 2.75) is 12.6 Å². The van der Waals surface area contributed by atoms with Crippen LogP contribution in [0.3, 0.4) is 0 Å². The summed E-state index contributed by atoms with van der Waals surface area (Å²) in [7, 11) is 0. The molecular formula is C18H15ClFNO3. The molecule has 1 unspecified atom stereocenters. The van der Waals surface area contributed by atoms with E-state index in [1.54, 1.807) is 18.2 Å². The van der Waals surface area contributed by atoms with Gasteiger partial charge in [0.05, 0.1) is 19.4 Å². The summed E-state index contributed by atoms with van der Waals surface area (Å²) >= 11 is 5.81. The predicted octanol–water partition coefficient (Wildman–Crippen LogP) is 4.69. The second-order valence-electron chi connectivity index (χ2n) is 5.31. The van der Waals surface area contributed by atoms with Crippen molar-refractivity contribution in [2.24, 2.45) is 0 Å². The normalized spacial score (nSPS) is 16.6. The minimum atomic E-state index is -0.678. The van der Waals surface area contributed by atoms with Gasteiger partial charge in [0.15, 0.2) is 0 Å². The first-order valence-corrected chi connectivity index (χ1v) is 7.72. The highest BCUT2D eigenvalue weighted by atomic mass is 35.5. The van der Waals surface area contributed by atoms with E-state index in [-0.39, 0.29) is 6.54 Å². The first kappa shape index (κ1) is 16.3. The molecule has 1 heterocycles. The van der Waals surface area contributed by atoms with Crippen molar-refractivity contribution < 1.29 is 18.7 Å². The van der Waals surface area contributed by atoms with Crippen molar-refractivity contribution in [3.63, 3.8) is 0 Å². The van der Waals surface area contributed by atoms with Crippen LogP contribution >= 0.6 is 11.6 Å². The molecule has 4 nitrogen and oxygen atoms in total. The van der Waals surface area contributed by atoms with Gasteiger partial charge in [0.2, 0.25) is 0 Å². The molecule has 2 aromatic carbocycles. The summed E-state index contributed by atoms with van der Waals surface area (Å²) in [5.74, 6) is 0.120. The van der Waals surface area contributed by atoms with Gasteiger partial charge in [0.1, 0.15) is 17.7 Å². The van der Waals surface area contributed by atoms with Crippen molar-refractivity contribution >= 4 is 17.7 Å². The third kappa shape index (κ3) is 3.36. The third-order valence-electron chi connectivity index (χ3n) is 3.74. The van der Waals surface area contributed by atoms with Crippen molar-refractivity contribution in [3.8, 4) is 5.75 Å². The Labute approximate surface area is 144 Å². The molecule has 0 N–H and O–H groups in total. The number of para-hydroxylation sites is 1. The van der Waals surface area contributed by atoms with E-state index in [1.807, 2.05) is 18.2 Å². The van der Waals surface area contributed by atoms with Crippen LogP contribution in [0.4, 0.5) is 9.18 Å². The van der Waals surface area contributed by atoms with Gasteiger partial charge in [0, 0.05) is 16.1 Å². The molecule has 1 aliphatic rings. The lowest BCUT2D eigenvalue weighted by Crippen LogP contribution is -2.33. The molecule has 3 rings (SSSR count). The lowest BCUT2D eigenvalue weighted by atomic mass is 10.1. The smallest absolute Gasteiger partial charge is 0.415 e. The number of nitrogens with zero attached hydrogens (tertiary/aromatic N) is 1. The summed E-state index contributed by atoms with van der Waals surface area (Å²) in [6.45, 7) is 3.83. The standard InChI is InChI=1S/C18H15ClFNO3/c1-2-23-18(22)21-10-12-5-3-4-6-16(12)24-17(11-21)14-8-7-13(19)9-15(14)20/h2-9,17H,1,10-11H2. The fourth-order valence-corrected chi connectivity index (χ4v) is 2.78. The van der Waals surface area contributed by atoms with Crippen LogP contribution in [0.2, 0.25) is 5.02 Å². The minimum absolute atomic E-state index is 0.139. The molecule has 0 bridgehead atoms. The first-order valence-electron chi connectivity index (χ1n) is 7.34. The molecular weight excluding hydrogens is 333 g/mol. The number of hydrogen-bond acceptors (Lipinski definition) is 3. The van der Waals surface area contributed by atoms with Crippen LogP contribution in [-0.4, -0.2) is 17.5 Å². The highest BCUT2D eigenvalue weighted by molar-refractivity contribution is 6.30. The average Bonchev–Trinajstić information content (AvgIpc) is 2.74. The van der Waals surface area contributed by atoms with Crippen molar-refractivity contribution in [2.75, 3.05) is 6.54 Å². The van der Waals surface area contributed by atoms with Crippen LogP contribution in [-0.2, 0) is 11.3 Å². The highest BCUT2D eigenvalue weighted by Crippen LogP contribution is 2.33. The first-order chi connectivity index (χ1) is 11.6. The van der Waals surface area contributed by atoms with E-state index in [0.717, 1.165) is 11.8 Å². The van der Waals surface area contributed by atoms with Gasteiger partial charge in [-0.3, -0.25) is 4.90 Å². The van der Waals surface area contributed by atoms with E-state index in [4.69, 9.17) is 21.1 Å². The summed E-state index contributed by atoms with van der Waals surface area (Å²) in [5.41, 5.74) is 1.14. The van der Waals surface area contributed by atoms with Gasteiger partial charge in [-0.25, -0.2) is 9.18 Å². The van der Waals surface area contributed by atoms with E-state index < -0.39 is 18.0 Å². The van der Waals surface area contributed by atoms with Gasteiger partial charge in [-0.1, -0.05) is 42.4 Å². The van der Waals surface area contributed by atoms with Gasteiger partial charge >= 0.3 is 6.09 Å².